The summed E-state index contributed by atoms with van der Waals surface area (Å²) in [6.07, 6.45) is 6.94. The number of carbonyl (C=O) groups is 2. The zero-order chi connectivity index (χ0) is 15.7. The lowest BCUT2D eigenvalue weighted by Gasteiger charge is -2.27. The third-order valence-electron chi connectivity index (χ3n) is 3.60. The molecule has 0 spiro atoms. The Morgan fingerprint density at radius 2 is 2.05 bits per heavy atom. The summed E-state index contributed by atoms with van der Waals surface area (Å²) in [6.45, 7) is 3.60. The number of hydrogen-bond acceptors (Lipinski definition) is 3. The lowest BCUT2D eigenvalue weighted by atomic mass is 10.1. The highest BCUT2D eigenvalue weighted by atomic mass is 16.2. The van der Waals surface area contributed by atoms with Gasteiger partial charge >= 0.3 is 0 Å². The predicted octanol–water partition coefficient (Wildman–Crippen LogP) is 2.29. The molecule has 1 aromatic rings. The van der Waals surface area contributed by atoms with Crippen LogP contribution in [-0.4, -0.2) is 34.3 Å². The van der Waals surface area contributed by atoms with Crippen LogP contribution in [0, 0.1) is 6.92 Å². The van der Waals surface area contributed by atoms with Gasteiger partial charge in [0.1, 0.15) is 11.5 Å². The summed E-state index contributed by atoms with van der Waals surface area (Å²) in [5.41, 5.74) is 1.49. The van der Waals surface area contributed by atoms with Gasteiger partial charge in [-0.15, -0.1) is 0 Å². The van der Waals surface area contributed by atoms with Gasteiger partial charge in [-0.2, -0.15) is 0 Å². The summed E-state index contributed by atoms with van der Waals surface area (Å²) in [5.74, 6) is -0.147. The van der Waals surface area contributed by atoms with Crippen LogP contribution in [0.25, 0.3) is 0 Å². The maximum absolute atomic E-state index is 12.5. The molecule has 0 saturated carbocycles. The van der Waals surface area contributed by atoms with Gasteiger partial charge in [0.25, 0.3) is 11.8 Å². The molecule has 2 heterocycles. The topological polar surface area (TPSA) is 62.1 Å². The van der Waals surface area contributed by atoms with Crippen LogP contribution in [0.2, 0.25) is 0 Å². The Labute approximate surface area is 128 Å². The summed E-state index contributed by atoms with van der Waals surface area (Å²) >= 11 is 0. The van der Waals surface area contributed by atoms with E-state index >= 15 is 0 Å². The minimum Gasteiger partial charge on any atom is -0.267 e. The minimum absolute atomic E-state index is 0.164. The first kappa shape index (κ1) is 14.1. The van der Waals surface area contributed by atoms with E-state index in [4.69, 9.17) is 0 Å². The third kappa shape index (κ3) is 2.41. The van der Waals surface area contributed by atoms with Crippen molar-refractivity contribution in [2.24, 2.45) is 9.98 Å². The molecule has 5 nitrogen and oxygen atoms in total. The summed E-state index contributed by atoms with van der Waals surface area (Å²) in [4.78, 5) is 34.7. The fourth-order valence-corrected chi connectivity index (χ4v) is 2.40. The molecule has 110 valence electrons. The van der Waals surface area contributed by atoms with Crippen molar-refractivity contribution in [2.75, 3.05) is 0 Å². The zero-order valence-electron chi connectivity index (χ0n) is 12.4. The lowest BCUT2D eigenvalue weighted by Crippen LogP contribution is -2.46. The van der Waals surface area contributed by atoms with Crippen LogP contribution in [0.5, 0.6) is 0 Å². The van der Waals surface area contributed by atoms with Gasteiger partial charge in [0.15, 0.2) is 0 Å². The van der Waals surface area contributed by atoms with Gasteiger partial charge in [-0.25, -0.2) is 4.99 Å². The standard InChI is InChI=1S/C17H15N3O2/c1-11-7-3-4-8-13(11)16(21)19-15-12(2)18-14-9-5-6-10-20(14)17(15)22/h3-10,12H,1-2H3. The Morgan fingerprint density at radius 3 is 2.82 bits per heavy atom. The number of allylic oxidation sites excluding steroid dienone is 2. The smallest absolute Gasteiger partial charge is 0.267 e. The normalized spacial score (nSPS) is 21.8. The van der Waals surface area contributed by atoms with E-state index in [2.05, 4.69) is 9.98 Å². The Balaban J connectivity index is 1.98. The van der Waals surface area contributed by atoms with Crippen LogP contribution in [0.15, 0.2) is 58.7 Å². The Hall–Kier alpha value is -2.82. The number of hydrogen-bond donors (Lipinski definition) is 0. The second kappa shape index (κ2) is 5.52. The number of nitrogens with zero attached hydrogens (tertiary/aromatic N) is 3. The van der Waals surface area contributed by atoms with Crippen LogP contribution >= 0.6 is 0 Å². The molecule has 5 heteroatoms. The number of benzene rings is 1. The number of aryl methyl sites for hydroxylation is 1. The molecule has 0 radical (unpaired) electrons. The fourth-order valence-electron chi connectivity index (χ4n) is 2.40. The first-order valence-electron chi connectivity index (χ1n) is 7.02. The SMILES string of the molecule is Cc1ccccc1C(=O)N=C1C(=O)N2C=CC=CC2=NC1C. The van der Waals surface area contributed by atoms with Crippen molar-refractivity contribution in [3.8, 4) is 0 Å². The van der Waals surface area contributed by atoms with Crippen molar-refractivity contribution >= 4 is 23.4 Å². The largest absolute Gasteiger partial charge is 0.280 e. The highest BCUT2D eigenvalue weighted by Gasteiger charge is 2.32. The van der Waals surface area contributed by atoms with Gasteiger partial charge in [0, 0.05) is 11.8 Å². The summed E-state index contributed by atoms with van der Waals surface area (Å²) in [7, 11) is 0. The van der Waals surface area contributed by atoms with Gasteiger partial charge < -0.3 is 0 Å². The summed E-state index contributed by atoms with van der Waals surface area (Å²) in [6, 6.07) is 6.74. The van der Waals surface area contributed by atoms with Crippen LogP contribution < -0.4 is 0 Å². The molecule has 2 aliphatic heterocycles. The molecule has 2 aliphatic rings. The maximum Gasteiger partial charge on any atom is 0.280 e. The van der Waals surface area contributed by atoms with E-state index in [0.717, 1.165) is 5.56 Å². The lowest BCUT2D eigenvalue weighted by molar-refractivity contribution is -0.119. The minimum atomic E-state index is -0.442. The van der Waals surface area contributed by atoms with E-state index in [-0.39, 0.29) is 11.6 Å². The van der Waals surface area contributed by atoms with Crippen molar-refractivity contribution in [3.05, 3.63) is 59.8 Å². The number of rotatable bonds is 1. The Bertz CT molecular complexity index is 772. The van der Waals surface area contributed by atoms with Crippen LogP contribution in [0.4, 0.5) is 0 Å². The van der Waals surface area contributed by atoms with Gasteiger partial charge in [0.05, 0.1) is 6.04 Å². The number of carbonyl (C=O) groups excluding carboxylic acids is 2. The van der Waals surface area contributed by atoms with E-state index in [1.807, 2.05) is 25.1 Å². The van der Waals surface area contributed by atoms with Crippen molar-refractivity contribution in [1.29, 1.82) is 0 Å². The maximum atomic E-state index is 12.5. The summed E-state index contributed by atoms with van der Waals surface area (Å²) in [5, 5.41) is 0. The molecule has 22 heavy (non-hydrogen) atoms. The third-order valence-corrected chi connectivity index (χ3v) is 3.60. The van der Waals surface area contributed by atoms with E-state index in [1.165, 1.54) is 4.90 Å². The highest BCUT2D eigenvalue weighted by molar-refractivity contribution is 6.47. The molecule has 0 aromatic heterocycles. The number of fused-ring (bicyclic) bond motifs is 1. The Morgan fingerprint density at radius 1 is 1.27 bits per heavy atom. The molecule has 0 bridgehead atoms. The van der Waals surface area contributed by atoms with E-state index in [9.17, 15) is 9.59 Å². The molecular formula is C17H15N3O2. The van der Waals surface area contributed by atoms with Gasteiger partial charge in [0.2, 0.25) is 0 Å². The molecular weight excluding hydrogens is 278 g/mol. The first-order valence-corrected chi connectivity index (χ1v) is 7.02. The van der Waals surface area contributed by atoms with E-state index < -0.39 is 11.9 Å². The molecule has 0 N–H and O–H groups in total. The fraction of sp³-hybridized carbons (Fsp3) is 0.176. The first-order chi connectivity index (χ1) is 10.6. The molecule has 3 rings (SSSR count). The monoisotopic (exact) mass is 293 g/mol. The molecule has 1 unspecified atom stereocenters. The van der Waals surface area contributed by atoms with Gasteiger partial charge in [-0.05, 0) is 37.6 Å². The zero-order valence-corrected chi connectivity index (χ0v) is 12.4. The predicted molar refractivity (Wildman–Crippen MR) is 85.0 cm³/mol. The molecule has 0 fully saturated rings. The molecule has 0 aliphatic carbocycles. The van der Waals surface area contributed by atoms with Crippen LogP contribution in [-0.2, 0) is 4.79 Å². The van der Waals surface area contributed by atoms with Crippen molar-refractivity contribution in [3.63, 3.8) is 0 Å². The second-order valence-corrected chi connectivity index (χ2v) is 5.16. The number of amides is 2. The van der Waals surface area contributed by atoms with E-state index in [0.29, 0.717) is 11.4 Å². The molecule has 1 atom stereocenters. The Kier molecular flexibility index (Phi) is 3.55. The van der Waals surface area contributed by atoms with Crippen LogP contribution in [0.1, 0.15) is 22.8 Å². The number of aliphatic imine (C=N–C) groups is 2. The molecule has 0 saturated heterocycles. The average Bonchev–Trinajstić information content (AvgIpc) is 2.51. The van der Waals surface area contributed by atoms with Crippen molar-refractivity contribution in [2.45, 2.75) is 19.9 Å². The molecule has 1 aromatic carbocycles. The van der Waals surface area contributed by atoms with Gasteiger partial charge in [-0.1, -0.05) is 24.3 Å². The summed E-state index contributed by atoms with van der Waals surface area (Å²) < 4.78 is 0. The second-order valence-electron chi connectivity index (χ2n) is 5.16. The highest BCUT2D eigenvalue weighted by Crippen LogP contribution is 2.16. The van der Waals surface area contributed by atoms with Crippen molar-refractivity contribution in [1.82, 2.24) is 4.90 Å². The van der Waals surface area contributed by atoms with Gasteiger partial charge in [-0.3, -0.25) is 19.5 Å². The average molecular weight is 293 g/mol. The van der Waals surface area contributed by atoms with Crippen LogP contribution in [0.3, 0.4) is 0 Å². The van der Waals surface area contributed by atoms with Crippen molar-refractivity contribution < 1.29 is 9.59 Å². The number of amidine groups is 1. The quantitative estimate of drug-likeness (QED) is 0.797. The van der Waals surface area contributed by atoms with E-state index in [1.54, 1.807) is 37.4 Å². The molecule has 2 amide bonds.